The number of anilines is 4. The van der Waals surface area contributed by atoms with Gasteiger partial charge in [-0.1, -0.05) is 78.4 Å². The van der Waals surface area contributed by atoms with Crippen LogP contribution in [0.5, 0.6) is 5.75 Å². The summed E-state index contributed by atoms with van der Waals surface area (Å²) in [4.78, 5) is 16.5. The number of hydrogen-bond acceptors (Lipinski definition) is 8. The Hall–Kier alpha value is -3.78. The molecule has 4 aromatic carbocycles. The fraction of sp³-hybridized carbons (Fsp3) is 0.222. The van der Waals surface area contributed by atoms with Gasteiger partial charge in [0.2, 0.25) is 17.8 Å². The monoisotopic (exact) mass is 835 g/mol. The van der Waals surface area contributed by atoms with E-state index in [1.807, 2.05) is 30.3 Å². The summed E-state index contributed by atoms with van der Waals surface area (Å²) in [6.07, 6.45) is 5.02. The number of aromatic nitrogens is 3. The summed E-state index contributed by atoms with van der Waals surface area (Å²) in [5.74, 6) is 2.90. The van der Waals surface area contributed by atoms with E-state index < -0.39 is 0 Å². The van der Waals surface area contributed by atoms with E-state index in [0.29, 0.717) is 30.4 Å². The van der Waals surface area contributed by atoms with Crippen LogP contribution >= 0.6 is 45.2 Å². The number of hydrazone groups is 1. The molecule has 10 heteroatoms. The van der Waals surface area contributed by atoms with Crippen molar-refractivity contribution in [3.63, 3.8) is 0 Å². The number of nitrogens with one attached hydrogen (secondary N) is 2. The summed E-state index contributed by atoms with van der Waals surface area (Å²) in [6, 6.07) is 33.2. The Morgan fingerprint density at radius 2 is 1.52 bits per heavy atom. The topological polar surface area (TPSA) is 87.6 Å². The lowest BCUT2D eigenvalue weighted by molar-refractivity contribution is 0.303. The normalized spacial score (nSPS) is 13.6. The van der Waals surface area contributed by atoms with Crippen LogP contribution in [0, 0.1) is 20.0 Å². The van der Waals surface area contributed by atoms with Gasteiger partial charge in [0.1, 0.15) is 12.4 Å². The van der Waals surface area contributed by atoms with Gasteiger partial charge < -0.3 is 15.0 Å². The van der Waals surface area contributed by atoms with Gasteiger partial charge in [-0.15, -0.1) is 0 Å². The lowest BCUT2D eigenvalue weighted by atomic mass is 9.90. The minimum atomic E-state index is 0.370. The van der Waals surface area contributed by atoms with Crippen LogP contribution in [0.15, 0.2) is 102 Å². The van der Waals surface area contributed by atoms with Crippen LogP contribution in [0.1, 0.15) is 35.1 Å². The van der Waals surface area contributed by atoms with E-state index in [-0.39, 0.29) is 0 Å². The maximum atomic E-state index is 6.26. The van der Waals surface area contributed by atoms with Crippen molar-refractivity contribution in [2.24, 2.45) is 11.0 Å². The zero-order valence-electron chi connectivity index (χ0n) is 25.5. The van der Waals surface area contributed by atoms with Gasteiger partial charge in [-0.05, 0) is 113 Å². The third-order valence-corrected chi connectivity index (χ3v) is 9.25. The van der Waals surface area contributed by atoms with Crippen molar-refractivity contribution in [1.82, 2.24) is 15.0 Å². The number of benzene rings is 4. The standard InChI is InChI=1S/C36H35I2N7O/c1-25-12-14-31(15-13-25)40-34-41-35(43-36(42-34)45-18-16-27(17-19-45)20-26-8-4-2-5-9-26)44-39-23-29-21-30(37)22-32(38)33(29)46-24-28-10-6-3-7-11-28/h2-15,21-23,27H,16-20,24H2,1H3,(H2,40,41,42,43,44). The third kappa shape index (κ3) is 8.93. The van der Waals surface area contributed by atoms with Crippen LogP contribution in [0.3, 0.4) is 0 Å². The van der Waals surface area contributed by atoms with E-state index in [1.165, 1.54) is 11.1 Å². The highest BCUT2D eigenvalue weighted by Crippen LogP contribution is 2.29. The molecular weight excluding hydrogens is 800 g/mol. The molecule has 0 saturated carbocycles. The molecule has 2 heterocycles. The van der Waals surface area contributed by atoms with Crippen LogP contribution in [0.2, 0.25) is 0 Å². The van der Waals surface area contributed by atoms with Crippen molar-refractivity contribution in [2.75, 3.05) is 28.7 Å². The number of nitrogens with zero attached hydrogens (tertiary/aromatic N) is 5. The molecule has 0 aliphatic carbocycles. The summed E-state index contributed by atoms with van der Waals surface area (Å²) in [7, 11) is 0. The van der Waals surface area contributed by atoms with E-state index in [9.17, 15) is 0 Å². The first-order chi connectivity index (χ1) is 22.5. The fourth-order valence-corrected chi connectivity index (χ4v) is 7.43. The smallest absolute Gasteiger partial charge is 0.250 e. The molecular formula is C36H35I2N7O. The highest BCUT2D eigenvalue weighted by Gasteiger charge is 2.22. The Labute approximate surface area is 297 Å². The van der Waals surface area contributed by atoms with E-state index in [4.69, 9.17) is 14.7 Å². The molecule has 2 N–H and O–H groups in total. The van der Waals surface area contributed by atoms with Gasteiger partial charge >= 0.3 is 0 Å². The minimum absolute atomic E-state index is 0.370. The van der Waals surface area contributed by atoms with Crippen molar-refractivity contribution < 1.29 is 4.74 Å². The third-order valence-electron chi connectivity index (χ3n) is 7.83. The van der Waals surface area contributed by atoms with Gasteiger partial charge in [0, 0.05) is 27.9 Å². The van der Waals surface area contributed by atoms with Gasteiger partial charge in [0.05, 0.1) is 9.78 Å². The predicted molar refractivity (Wildman–Crippen MR) is 203 cm³/mol. The summed E-state index contributed by atoms with van der Waals surface area (Å²) in [6.45, 7) is 4.31. The first kappa shape index (κ1) is 32.2. The van der Waals surface area contributed by atoms with Gasteiger partial charge in [-0.25, -0.2) is 5.43 Å². The molecule has 5 aromatic rings. The van der Waals surface area contributed by atoms with Crippen molar-refractivity contribution in [1.29, 1.82) is 0 Å². The summed E-state index contributed by atoms with van der Waals surface area (Å²) >= 11 is 4.63. The maximum absolute atomic E-state index is 6.26. The zero-order chi connectivity index (χ0) is 31.7. The zero-order valence-corrected chi connectivity index (χ0v) is 29.9. The van der Waals surface area contributed by atoms with Gasteiger partial charge in [-0.2, -0.15) is 20.1 Å². The molecule has 8 nitrogen and oxygen atoms in total. The molecule has 0 amide bonds. The molecule has 0 atom stereocenters. The van der Waals surface area contributed by atoms with E-state index in [0.717, 1.165) is 62.1 Å². The van der Waals surface area contributed by atoms with E-state index >= 15 is 0 Å². The summed E-state index contributed by atoms with van der Waals surface area (Å²) < 4.78 is 8.38. The lowest BCUT2D eigenvalue weighted by Gasteiger charge is -2.32. The fourth-order valence-electron chi connectivity index (χ4n) is 5.38. The molecule has 1 aliphatic rings. The molecule has 1 fully saturated rings. The molecule has 0 bridgehead atoms. The van der Waals surface area contributed by atoms with Gasteiger partial charge in [0.15, 0.2) is 0 Å². The van der Waals surface area contributed by atoms with Crippen LogP contribution < -0.4 is 20.4 Å². The average molecular weight is 836 g/mol. The molecule has 46 heavy (non-hydrogen) atoms. The minimum Gasteiger partial charge on any atom is -0.487 e. The van der Waals surface area contributed by atoms with Crippen LogP contribution in [-0.2, 0) is 13.0 Å². The van der Waals surface area contributed by atoms with Crippen LogP contribution in [0.25, 0.3) is 0 Å². The predicted octanol–water partition coefficient (Wildman–Crippen LogP) is 8.62. The Balaban J connectivity index is 1.20. The molecule has 234 valence electrons. The number of ether oxygens (including phenoxy) is 1. The molecule has 1 aromatic heterocycles. The van der Waals surface area contributed by atoms with Crippen molar-refractivity contribution in [2.45, 2.75) is 32.8 Å². The van der Waals surface area contributed by atoms with Gasteiger partial charge in [-0.3, -0.25) is 0 Å². The first-order valence-electron chi connectivity index (χ1n) is 15.3. The Kier molecular flexibility index (Phi) is 11.0. The van der Waals surface area contributed by atoms with Crippen molar-refractivity contribution in [3.8, 4) is 5.75 Å². The Bertz CT molecular complexity index is 1760. The van der Waals surface area contributed by atoms with E-state index in [2.05, 4.69) is 145 Å². The van der Waals surface area contributed by atoms with Gasteiger partial charge in [0.25, 0.3) is 0 Å². The maximum Gasteiger partial charge on any atom is 0.250 e. The molecule has 6 rings (SSSR count). The highest BCUT2D eigenvalue weighted by molar-refractivity contribution is 14.1. The van der Waals surface area contributed by atoms with Crippen LogP contribution in [-0.4, -0.2) is 34.3 Å². The Morgan fingerprint density at radius 3 is 2.24 bits per heavy atom. The second-order valence-electron chi connectivity index (χ2n) is 11.3. The number of halogens is 2. The average Bonchev–Trinajstić information content (AvgIpc) is 3.06. The van der Waals surface area contributed by atoms with E-state index in [1.54, 1.807) is 6.21 Å². The second kappa shape index (κ2) is 15.7. The molecule has 0 spiro atoms. The molecule has 0 radical (unpaired) electrons. The molecule has 0 unspecified atom stereocenters. The second-order valence-corrected chi connectivity index (χ2v) is 13.8. The van der Waals surface area contributed by atoms with Crippen molar-refractivity contribution in [3.05, 3.63) is 126 Å². The summed E-state index contributed by atoms with van der Waals surface area (Å²) in [5, 5.41) is 7.91. The summed E-state index contributed by atoms with van der Waals surface area (Å²) in [5.41, 5.74) is 8.54. The molecule has 1 aliphatic heterocycles. The number of rotatable bonds is 11. The Morgan fingerprint density at radius 1 is 0.848 bits per heavy atom. The quantitative estimate of drug-likeness (QED) is 0.0784. The SMILES string of the molecule is Cc1ccc(Nc2nc(NN=Cc3cc(I)cc(I)c3OCc3ccccc3)nc(N3CCC(Cc4ccccc4)CC3)n2)cc1. The lowest BCUT2D eigenvalue weighted by Crippen LogP contribution is -2.35. The largest absolute Gasteiger partial charge is 0.487 e. The first-order valence-corrected chi connectivity index (χ1v) is 17.5. The highest BCUT2D eigenvalue weighted by atomic mass is 127. The van der Waals surface area contributed by atoms with Crippen molar-refractivity contribution >= 4 is 74.9 Å². The number of piperidine rings is 1. The number of aryl methyl sites for hydroxylation is 1. The molecule has 1 saturated heterocycles. The number of hydrogen-bond donors (Lipinski definition) is 2. The van der Waals surface area contributed by atoms with Crippen LogP contribution in [0.4, 0.5) is 23.5 Å².